The Hall–Kier alpha value is -0.340. The van der Waals surface area contributed by atoms with Gasteiger partial charge in [-0.15, -0.1) is 0 Å². The maximum atomic E-state index is 5.95. The summed E-state index contributed by atoms with van der Waals surface area (Å²) in [5, 5.41) is 3.56. The minimum Gasteiger partial charge on any atom is -0.375 e. The molecule has 1 unspecified atom stereocenters. The largest absolute Gasteiger partial charge is 0.375 e. The Bertz CT molecular complexity index is 279. The highest BCUT2D eigenvalue weighted by Crippen LogP contribution is 2.44. The smallest absolute Gasteiger partial charge is 0.0688 e. The van der Waals surface area contributed by atoms with Gasteiger partial charge in [-0.05, 0) is 63.8 Å². The molecule has 2 aliphatic carbocycles. The number of hydrogen-bond donors (Lipinski definition) is 1. The van der Waals surface area contributed by atoms with Crippen molar-refractivity contribution in [2.24, 2.45) is 5.92 Å². The van der Waals surface area contributed by atoms with Crippen LogP contribution in [0.3, 0.4) is 0 Å². The van der Waals surface area contributed by atoms with Crippen LogP contribution in [0.25, 0.3) is 0 Å². The maximum absolute atomic E-state index is 5.95. The summed E-state index contributed by atoms with van der Waals surface area (Å²) in [4.78, 5) is 0. The van der Waals surface area contributed by atoms with Crippen molar-refractivity contribution < 1.29 is 4.74 Å². The highest BCUT2D eigenvalue weighted by Gasteiger charge is 2.41. The van der Waals surface area contributed by atoms with Gasteiger partial charge in [-0.2, -0.15) is 0 Å². The monoisotopic (exact) mass is 235 g/mol. The second-order valence-electron chi connectivity index (χ2n) is 6.08. The summed E-state index contributed by atoms with van der Waals surface area (Å²) in [5.41, 5.74) is 0.305. The van der Waals surface area contributed by atoms with E-state index in [9.17, 15) is 0 Å². The Morgan fingerprint density at radius 3 is 2.82 bits per heavy atom. The predicted octanol–water partition coefficient (Wildman–Crippen LogP) is 3.03. The van der Waals surface area contributed by atoms with Crippen molar-refractivity contribution in [2.75, 3.05) is 13.2 Å². The van der Waals surface area contributed by atoms with Gasteiger partial charge in [0.1, 0.15) is 0 Å². The standard InChI is InChI=1S/C15H25NO/c1(2-10-16-14-5-6-14)4-13-7-11-17-15(12-13)8-3-9-15/h1,4,13-14,16H,2-3,5-12H2. The third-order valence-corrected chi connectivity index (χ3v) is 4.53. The quantitative estimate of drug-likeness (QED) is 0.584. The minimum atomic E-state index is 0.305. The molecule has 0 aromatic heterocycles. The van der Waals surface area contributed by atoms with Gasteiger partial charge in [-0.1, -0.05) is 12.2 Å². The average Bonchev–Trinajstić information content (AvgIpc) is 3.11. The maximum Gasteiger partial charge on any atom is 0.0688 e. The van der Waals surface area contributed by atoms with Crippen LogP contribution in [0.2, 0.25) is 0 Å². The van der Waals surface area contributed by atoms with Crippen LogP contribution in [0.1, 0.15) is 51.4 Å². The third-order valence-electron chi connectivity index (χ3n) is 4.53. The molecule has 1 N–H and O–H groups in total. The van der Waals surface area contributed by atoms with Crippen LogP contribution in [-0.4, -0.2) is 24.8 Å². The number of nitrogens with one attached hydrogen (secondary N) is 1. The molecule has 3 fully saturated rings. The van der Waals surface area contributed by atoms with Gasteiger partial charge in [0.25, 0.3) is 0 Å². The molecule has 17 heavy (non-hydrogen) atoms. The molecule has 96 valence electrons. The molecule has 1 atom stereocenters. The van der Waals surface area contributed by atoms with Crippen LogP contribution in [0, 0.1) is 5.92 Å². The second kappa shape index (κ2) is 5.11. The van der Waals surface area contributed by atoms with E-state index in [1.54, 1.807) is 0 Å². The Morgan fingerprint density at radius 2 is 2.12 bits per heavy atom. The summed E-state index contributed by atoms with van der Waals surface area (Å²) < 4.78 is 5.95. The van der Waals surface area contributed by atoms with Crippen LogP contribution in [-0.2, 0) is 4.74 Å². The van der Waals surface area contributed by atoms with Crippen LogP contribution < -0.4 is 5.32 Å². The van der Waals surface area contributed by atoms with Crippen molar-refractivity contribution in [1.29, 1.82) is 0 Å². The van der Waals surface area contributed by atoms with Crippen LogP contribution in [0.15, 0.2) is 12.2 Å². The average molecular weight is 235 g/mol. The minimum absolute atomic E-state index is 0.305. The van der Waals surface area contributed by atoms with E-state index < -0.39 is 0 Å². The molecule has 2 heteroatoms. The summed E-state index contributed by atoms with van der Waals surface area (Å²) in [5.74, 6) is 0.782. The fourth-order valence-electron chi connectivity index (χ4n) is 3.10. The van der Waals surface area contributed by atoms with Gasteiger partial charge < -0.3 is 10.1 Å². The van der Waals surface area contributed by atoms with E-state index in [0.717, 1.165) is 25.1 Å². The predicted molar refractivity (Wildman–Crippen MR) is 70.0 cm³/mol. The van der Waals surface area contributed by atoms with Crippen LogP contribution >= 0.6 is 0 Å². The normalized spacial score (nSPS) is 31.9. The number of ether oxygens (including phenoxy) is 1. The SMILES string of the molecule is C(=CC1CCOC2(CCC2)C1)CCNC1CC1. The molecule has 3 aliphatic rings. The number of allylic oxidation sites excluding steroid dienone is 1. The summed E-state index contributed by atoms with van der Waals surface area (Å²) in [6.07, 6.45) is 15.3. The van der Waals surface area contributed by atoms with E-state index in [1.807, 2.05) is 0 Å². The van der Waals surface area contributed by atoms with E-state index >= 15 is 0 Å². The van der Waals surface area contributed by atoms with E-state index in [1.165, 1.54) is 51.4 Å². The van der Waals surface area contributed by atoms with Gasteiger partial charge in [0.2, 0.25) is 0 Å². The van der Waals surface area contributed by atoms with Gasteiger partial charge in [0.15, 0.2) is 0 Å². The first-order chi connectivity index (χ1) is 8.36. The summed E-state index contributed by atoms with van der Waals surface area (Å²) in [6, 6.07) is 0.852. The van der Waals surface area contributed by atoms with Crippen molar-refractivity contribution in [2.45, 2.75) is 63.0 Å². The van der Waals surface area contributed by atoms with Crippen LogP contribution in [0.5, 0.6) is 0 Å². The lowest BCUT2D eigenvalue weighted by Gasteiger charge is -2.46. The van der Waals surface area contributed by atoms with Crippen molar-refractivity contribution >= 4 is 0 Å². The van der Waals surface area contributed by atoms with Crippen molar-refractivity contribution in [3.63, 3.8) is 0 Å². The molecule has 0 aromatic rings. The summed E-state index contributed by atoms with van der Waals surface area (Å²) in [6.45, 7) is 2.14. The van der Waals surface area contributed by atoms with Gasteiger partial charge in [-0.3, -0.25) is 0 Å². The molecule has 0 radical (unpaired) electrons. The Balaban J connectivity index is 1.36. The highest BCUT2D eigenvalue weighted by molar-refractivity contribution is 5.00. The number of hydrogen-bond acceptors (Lipinski definition) is 2. The van der Waals surface area contributed by atoms with Gasteiger partial charge in [0.05, 0.1) is 5.60 Å². The molecular formula is C15H25NO. The third kappa shape index (κ3) is 3.11. The Labute approximate surface area is 105 Å². The van der Waals surface area contributed by atoms with E-state index in [4.69, 9.17) is 4.74 Å². The molecule has 1 heterocycles. The summed E-state index contributed by atoms with van der Waals surface area (Å²) >= 11 is 0. The molecule has 1 aliphatic heterocycles. The molecule has 2 saturated carbocycles. The Morgan fingerprint density at radius 1 is 1.24 bits per heavy atom. The van der Waals surface area contributed by atoms with E-state index in [-0.39, 0.29) is 0 Å². The van der Waals surface area contributed by atoms with Gasteiger partial charge in [0, 0.05) is 12.6 Å². The molecule has 1 saturated heterocycles. The highest BCUT2D eigenvalue weighted by atomic mass is 16.5. The molecule has 2 nitrogen and oxygen atoms in total. The lowest BCUT2D eigenvalue weighted by atomic mass is 9.72. The molecule has 0 bridgehead atoms. The van der Waals surface area contributed by atoms with Crippen molar-refractivity contribution in [3.8, 4) is 0 Å². The van der Waals surface area contributed by atoms with Crippen molar-refractivity contribution in [3.05, 3.63) is 12.2 Å². The lowest BCUT2D eigenvalue weighted by molar-refractivity contribution is -0.137. The Kier molecular flexibility index (Phi) is 3.53. The molecule has 0 amide bonds. The first kappa shape index (κ1) is 11.7. The molecule has 3 rings (SSSR count). The van der Waals surface area contributed by atoms with E-state index in [2.05, 4.69) is 17.5 Å². The zero-order valence-corrected chi connectivity index (χ0v) is 10.8. The van der Waals surface area contributed by atoms with E-state index in [0.29, 0.717) is 5.60 Å². The van der Waals surface area contributed by atoms with Gasteiger partial charge in [-0.25, -0.2) is 0 Å². The fourth-order valence-corrected chi connectivity index (χ4v) is 3.10. The number of rotatable bonds is 5. The zero-order chi connectivity index (χ0) is 11.6. The first-order valence-electron chi connectivity index (χ1n) is 7.40. The van der Waals surface area contributed by atoms with Gasteiger partial charge >= 0.3 is 0 Å². The molecule has 0 aromatic carbocycles. The fraction of sp³-hybridized carbons (Fsp3) is 0.867. The second-order valence-corrected chi connectivity index (χ2v) is 6.08. The summed E-state index contributed by atoms with van der Waals surface area (Å²) in [7, 11) is 0. The topological polar surface area (TPSA) is 21.3 Å². The lowest BCUT2D eigenvalue weighted by Crippen LogP contribution is -2.45. The van der Waals surface area contributed by atoms with Crippen LogP contribution in [0.4, 0.5) is 0 Å². The zero-order valence-electron chi connectivity index (χ0n) is 10.8. The molecular weight excluding hydrogens is 210 g/mol. The first-order valence-corrected chi connectivity index (χ1v) is 7.40. The van der Waals surface area contributed by atoms with Crippen molar-refractivity contribution in [1.82, 2.24) is 5.32 Å². The molecule has 1 spiro atoms.